The van der Waals surface area contributed by atoms with Crippen LogP contribution in [0.3, 0.4) is 0 Å². The number of aromatic nitrogens is 2. The normalized spacial score (nSPS) is 24.6. The van der Waals surface area contributed by atoms with E-state index < -0.39 is 0 Å². The monoisotopic (exact) mass is 265 g/mol. The highest BCUT2D eigenvalue weighted by Crippen LogP contribution is 2.26. The smallest absolute Gasteiger partial charge is 0.223 e. The molecule has 1 saturated carbocycles. The van der Waals surface area contributed by atoms with Crippen molar-refractivity contribution >= 4 is 0 Å². The molecule has 106 valence electrons. The third-order valence-electron chi connectivity index (χ3n) is 4.22. The number of nitrogens with zero attached hydrogens (tertiary/aromatic N) is 3. The van der Waals surface area contributed by atoms with Gasteiger partial charge in [0.25, 0.3) is 0 Å². The Labute approximate surface area is 114 Å². The molecule has 0 N–H and O–H groups in total. The lowest BCUT2D eigenvalue weighted by Crippen LogP contribution is -2.38. The minimum absolute atomic E-state index is 0.397. The molecule has 1 aromatic heterocycles. The van der Waals surface area contributed by atoms with Gasteiger partial charge in [0, 0.05) is 26.1 Å². The molecule has 2 heterocycles. The fraction of sp³-hybridized carbons (Fsp3) is 0.857. The number of aryl methyl sites for hydroxylation is 1. The van der Waals surface area contributed by atoms with Crippen LogP contribution in [0.25, 0.3) is 0 Å². The van der Waals surface area contributed by atoms with Gasteiger partial charge in [-0.1, -0.05) is 18.0 Å². The summed E-state index contributed by atoms with van der Waals surface area (Å²) in [6, 6.07) is 0.669. The largest absolute Gasteiger partial charge is 0.377 e. The second-order valence-electron chi connectivity index (χ2n) is 5.73. The molecule has 0 amide bonds. The first kappa shape index (κ1) is 13.1. The van der Waals surface area contributed by atoms with Crippen LogP contribution >= 0.6 is 0 Å². The fourth-order valence-electron chi connectivity index (χ4n) is 3.25. The van der Waals surface area contributed by atoms with Crippen molar-refractivity contribution in [2.75, 3.05) is 13.2 Å². The summed E-state index contributed by atoms with van der Waals surface area (Å²) in [6.07, 6.45) is 8.07. The van der Waals surface area contributed by atoms with Gasteiger partial charge in [-0.3, -0.25) is 4.90 Å². The van der Waals surface area contributed by atoms with Crippen molar-refractivity contribution < 1.29 is 9.26 Å². The van der Waals surface area contributed by atoms with Crippen LogP contribution in [-0.2, 0) is 11.3 Å². The Balaban J connectivity index is 1.64. The molecule has 0 radical (unpaired) electrons. The zero-order valence-corrected chi connectivity index (χ0v) is 11.7. The molecule has 0 aromatic carbocycles. The van der Waals surface area contributed by atoms with E-state index in [1.165, 1.54) is 38.5 Å². The summed E-state index contributed by atoms with van der Waals surface area (Å²) in [7, 11) is 0. The van der Waals surface area contributed by atoms with E-state index in [0.29, 0.717) is 18.0 Å². The summed E-state index contributed by atoms with van der Waals surface area (Å²) in [5.74, 6) is 1.46. The van der Waals surface area contributed by atoms with Crippen LogP contribution in [0.5, 0.6) is 0 Å². The molecular formula is C14H23N3O2. The van der Waals surface area contributed by atoms with Crippen LogP contribution < -0.4 is 0 Å². The first-order chi connectivity index (χ1) is 9.31. The second kappa shape index (κ2) is 6.01. The van der Waals surface area contributed by atoms with Crippen molar-refractivity contribution in [1.29, 1.82) is 0 Å². The number of ether oxygens (including phenoxy) is 1. The van der Waals surface area contributed by atoms with Crippen molar-refractivity contribution in [2.45, 2.75) is 64.1 Å². The molecule has 0 unspecified atom stereocenters. The molecule has 0 bridgehead atoms. The maximum absolute atomic E-state index is 5.78. The Kier molecular flexibility index (Phi) is 4.13. The summed E-state index contributed by atoms with van der Waals surface area (Å²) in [5, 5.41) is 4.03. The van der Waals surface area contributed by atoms with Gasteiger partial charge in [-0.25, -0.2) is 0 Å². The van der Waals surface area contributed by atoms with Gasteiger partial charge in [0.2, 0.25) is 5.89 Å². The lowest BCUT2D eigenvalue weighted by atomic mass is 10.1. The number of hydrogen-bond acceptors (Lipinski definition) is 5. The van der Waals surface area contributed by atoms with Crippen molar-refractivity contribution in [3.05, 3.63) is 11.7 Å². The Morgan fingerprint density at radius 2 is 2.05 bits per heavy atom. The quantitative estimate of drug-likeness (QED) is 0.817. The van der Waals surface area contributed by atoms with Crippen LogP contribution in [0.15, 0.2) is 4.52 Å². The average Bonchev–Trinajstić information content (AvgIpc) is 3.10. The van der Waals surface area contributed by atoms with Gasteiger partial charge in [0.05, 0.1) is 12.6 Å². The lowest BCUT2D eigenvalue weighted by Gasteiger charge is -2.29. The summed E-state index contributed by atoms with van der Waals surface area (Å²) >= 11 is 0. The van der Waals surface area contributed by atoms with E-state index in [2.05, 4.69) is 15.0 Å². The van der Waals surface area contributed by atoms with E-state index >= 15 is 0 Å². The minimum atomic E-state index is 0.397. The van der Waals surface area contributed by atoms with Crippen LogP contribution in [0.1, 0.15) is 50.2 Å². The number of hydrogen-bond donors (Lipinski definition) is 0. The van der Waals surface area contributed by atoms with E-state index in [4.69, 9.17) is 9.26 Å². The van der Waals surface area contributed by atoms with Gasteiger partial charge in [0.1, 0.15) is 0 Å². The molecule has 3 rings (SSSR count). The minimum Gasteiger partial charge on any atom is -0.377 e. The predicted molar refractivity (Wildman–Crippen MR) is 70.7 cm³/mol. The number of rotatable bonds is 5. The van der Waals surface area contributed by atoms with E-state index in [0.717, 1.165) is 25.5 Å². The summed E-state index contributed by atoms with van der Waals surface area (Å²) in [6.45, 7) is 4.57. The van der Waals surface area contributed by atoms with Crippen molar-refractivity contribution in [2.24, 2.45) is 0 Å². The first-order valence-electron chi connectivity index (χ1n) is 7.46. The molecule has 1 aliphatic carbocycles. The summed E-state index contributed by atoms with van der Waals surface area (Å²) in [5.41, 5.74) is 0. The van der Waals surface area contributed by atoms with Crippen molar-refractivity contribution in [1.82, 2.24) is 15.0 Å². The van der Waals surface area contributed by atoms with Gasteiger partial charge in [-0.05, 0) is 25.7 Å². The SMILES string of the molecule is Cc1nc(CN(C[C@H]2CCCO2)C2CCCC2)no1. The van der Waals surface area contributed by atoms with Crippen molar-refractivity contribution in [3.8, 4) is 0 Å². The fourth-order valence-corrected chi connectivity index (χ4v) is 3.25. The predicted octanol–water partition coefficient (Wildman–Crippen LogP) is 2.30. The van der Waals surface area contributed by atoms with E-state index in [-0.39, 0.29) is 0 Å². The van der Waals surface area contributed by atoms with E-state index in [1.54, 1.807) is 0 Å². The van der Waals surface area contributed by atoms with E-state index in [1.807, 2.05) is 6.92 Å². The molecule has 2 aliphatic rings. The Bertz CT molecular complexity index is 395. The highest BCUT2D eigenvalue weighted by molar-refractivity contribution is 4.88. The van der Waals surface area contributed by atoms with Crippen LogP contribution in [0.4, 0.5) is 0 Å². The second-order valence-corrected chi connectivity index (χ2v) is 5.73. The van der Waals surface area contributed by atoms with Crippen LogP contribution in [0, 0.1) is 6.92 Å². The van der Waals surface area contributed by atoms with Gasteiger partial charge >= 0.3 is 0 Å². The molecule has 1 saturated heterocycles. The van der Waals surface area contributed by atoms with Crippen molar-refractivity contribution in [3.63, 3.8) is 0 Å². The lowest BCUT2D eigenvalue weighted by molar-refractivity contribution is 0.0527. The molecule has 19 heavy (non-hydrogen) atoms. The van der Waals surface area contributed by atoms with Gasteiger partial charge in [-0.2, -0.15) is 4.98 Å². The zero-order chi connectivity index (χ0) is 13.1. The molecule has 1 aliphatic heterocycles. The maximum Gasteiger partial charge on any atom is 0.223 e. The molecule has 1 atom stereocenters. The topological polar surface area (TPSA) is 51.4 Å². The van der Waals surface area contributed by atoms with Gasteiger partial charge < -0.3 is 9.26 Å². The highest BCUT2D eigenvalue weighted by Gasteiger charge is 2.27. The summed E-state index contributed by atoms with van der Waals surface area (Å²) < 4.78 is 10.9. The standard InChI is InChI=1S/C14H23N3O2/c1-11-15-14(16-19-11)10-17(12-5-2-3-6-12)9-13-7-4-8-18-13/h12-13H,2-10H2,1H3/t13-/m1/s1. The highest BCUT2D eigenvalue weighted by atomic mass is 16.5. The Morgan fingerprint density at radius 1 is 1.21 bits per heavy atom. The van der Waals surface area contributed by atoms with Crippen LogP contribution in [0.2, 0.25) is 0 Å². The average molecular weight is 265 g/mol. The van der Waals surface area contributed by atoms with E-state index in [9.17, 15) is 0 Å². The summed E-state index contributed by atoms with van der Waals surface area (Å²) in [4.78, 5) is 6.84. The molecule has 5 nitrogen and oxygen atoms in total. The van der Waals surface area contributed by atoms with Crippen LogP contribution in [-0.4, -0.2) is 40.3 Å². The van der Waals surface area contributed by atoms with Gasteiger partial charge in [-0.15, -0.1) is 0 Å². The molecule has 5 heteroatoms. The molecule has 0 spiro atoms. The third-order valence-corrected chi connectivity index (χ3v) is 4.22. The molecule has 2 fully saturated rings. The molecular weight excluding hydrogens is 242 g/mol. The Hall–Kier alpha value is -0.940. The first-order valence-corrected chi connectivity index (χ1v) is 7.46. The molecule has 1 aromatic rings. The van der Waals surface area contributed by atoms with Gasteiger partial charge in [0.15, 0.2) is 5.82 Å². The third kappa shape index (κ3) is 3.34. The Morgan fingerprint density at radius 3 is 2.68 bits per heavy atom. The maximum atomic E-state index is 5.78. The zero-order valence-electron chi connectivity index (χ0n) is 11.7.